The molecule has 2 radical (unpaired) electrons. The Kier molecular flexibility index (Phi) is 14.0. The fourth-order valence-corrected chi connectivity index (χ4v) is 7.19. The highest BCUT2D eigenvalue weighted by Crippen LogP contribution is 2.51. The number of rotatable bonds is 14. The lowest BCUT2D eigenvalue weighted by atomic mass is 9.96. The first-order chi connectivity index (χ1) is 17.8. The Balaban J connectivity index is 1.76. The quantitative estimate of drug-likeness (QED) is 0.135. The third-order valence-electron chi connectivity index (χ3n) is 7.54. The third kappa shape index (κ3) is 11.8. The molecule has 216 valence electrons. The van der Waals surface area contributed by atoms with Gasteiger partial charge in [0, 0.05) is 32.7 Å². The normalized spacial score (nSPS) is 25.4. The highest BCUT2D eigenvalue weighted by Gasteiger charge is 2.37. The van der Waals surface area contributed by atoms with Gasteiger partial charge in [-0.15, -0.1) is 0 Å². The molecule has 0 aliphatic carbocycles. The van der Waals surface area contributed by atoms with Crippen LogP contribution >= 0.6 is 7.44 Å². The summed E-state index contributed by atoms with van der Waals surface area (Å²) in [6.07, 6.45) is 11.7. The molecule has 2 saturated heterocycles. The van der Waals surface area contributed by atoms with Crippen molar-refractivity contribution in [3.63, 3.8) is 0 Å². The molecule has 0 spiro atoms. The monoisotopic (exact) mass is 549 g/mol. The van der Waals surface area contributed by atoms with E-state index < -0.39 is 7.44 Å². The van der Waals surface area contributed by atoms with Crippen LogP contribution in [0.15, 0.2) is 34.9 Å². The van der Waals surface area contributed by atoms with Crippen LogP contribution in [0, 0.1) is 0 Å². The Morgan fingerprint density at radius 1 is 1.00 bits per heavy atom. The average Bonchev–Trinajstić information content (AvgIpc) is 2.81. The molecular weight excluding hydrogens is 494 g/mol. The topological polar surface area (TPSA) is 45.2 Å². The number of nitrogens with zero attached hydrogens (tertiary/aromatic N) is 4. The zero-order valence-electron chi connectivity index (χ0n) is 25.6. The van der Waals surface area contributed by atoms with Crippen LogP contribution in [0.1, 0.15) is 53.4 Å². The summed E-state index contributed by atoms with van der Waals surface area (Å²) in [6, 6.07) is -0.281. The Labute approximate surface area is 235 Å². The first kappa shape index (κ1) is 33.5. The second kappa shape index (κ2) is 15.9. The summed E-state index contributed by atoms with van der Waals surface area (Å²) in [5.41, 5.74) is 4.33. The minimum Gasteiger partial charge on any atom is -0.371 e. The molecule has 38 heavy (non-hydrogen) atoms. The van der Waals surface area contributed by atoms with Crippen molar-refractivity contribution >= 4 is 15.3 Å². The molecule has 2 heterocycles. The lowest BCUT2D eigenvalue weighted by Gasteiger charge is -2.42. The molecule has 0 aromatic heterocycles. The molecule has 2 aliphatic rings. The minimum atomic E-state index is -2.78. The van der Waals surface area contributed by atoms with Crippen LogP contribution in [-0.2, 0) is 14.0 Å². The fourth-order valence-electron chi connectivity index (χ4n) is 5.15. The molecule has 0 amide bonds. The first-order valence-electron chi connectivity index (χ1n) is 14.3. The number of quaternary nitrogens is 1. The number of ether oxygens (including phenoxy) is 2. The molecule has 2 aliphatic heterocycles. The summed E-state index contributed by atoms with van der Waals surface area (Å²) in [5, 5.41) is 0. The van der Waals surface area contributed by atoms with Crippen LogP contribution in [0.4, 0.5) is 0 Å². The molecule has 0 saturated carbocycles. The maximum absolute atomic E-state index is 14.0. The van der Waals surface area contributed by atoms with E-state index in [0.717, 1.165) is 76.0 Å². The van der Waals surface area contributed by atoms with E-state index in [-0.39, 0.29) is 18.5 Å². The maximum Gasteiger partial charge on any atom is 0.241 e. The van der Waals surface area contributed by atoms with Crippen LogP contribution in [0.5, 0.6) is 0 Å². The van der Waals surface area contributed by atoms with E-state index in [1.807, 2.05) is 18.8 Å². The van der Waals surface area contributed by atoms with Gasteiger partial charge in [0.05, 0.1) is 33.3 Å². The van der Waals surface area contributed by atoms with Gasteiger partial charge in [0.2, 0.25) is 7.44 Å². The number of hydrogen-bond donors (Lipinski definition) is 0. The third-order valence-corrected chi connectivity index (χ3v) is 10.6. The molecule has 9 heteroatoms. The van der Waals surface area contributed by atoms with E-state index in [2.05, 4.69) is 69.6 Å². The van der Waals surface area contributed by atoms with Gasteiger partial charge in [-0.3, -0.25) is 9.46 Å². The summed E-state index contributed by atoms with van der Waals surface area (Å²) < 4.78 is 30.6. The molecule has 2 rings (SSSR count). The summed E-state index contributed by atoms with van der Waals surface area (Å²) in [7, 11) is 11.4. The van der Waals surface area contributed by atoms with Crippen molar-refractivity contribution in [2.24, 2.45) is 0 Å². The van der Waals surface area contributed by atoms with Crippen molar-refractivity contribution in [3.05, 3.63) is 34.9 Å². The van der Waals surface area contributed by atoms with Crippen molar-refractivity contribution in [1.82, 2.24) is 14.2 Å². The van der Waals surface area contributed by atoms with E-state index in [4.69, 9.17) is 17.3 Å². The first-order valence-corrected chi connectivity index (χ1v) is 16.1. The predicted octanol–water partition coefficient (Wildman–Crippen LogP) is 4.72. The van der Waals surface area contributed by atoms with E-state index in [1.54, 1.807) is 0 Å². The van der Waals surface area contributed by atoms with Gasteiger partial charge in [0.15, 0.2) is 0 Å². The zero-order valence-corrected chi connectivity index (χ0v) is 26.5. The van der Waals surface area contributed by atoms with Gasteiger partial charge >= 0.3 is 0 Å². The Morgan fingerprint density at radius 3 is 2.18 bits per heavy atom. The largest absolute Gasteiger partial charge is 0.371 e. The van der Waals surface area contributed by atoms with E-state index in [0.29, 0.717) is 6.61 Å². The van der Waals surface area contributed by atoms with Gasteiger partial charge in [-0.25, -0.2) is 9.34 Å². The van der Waals surface area contributed by atoms with Crippen LogP contribution in [0.3, 0.4) is 0 Å². The molecule has 2 fully saturated rings. The highest BCUT2D eigenvalue weighted by molar-refractivity contribution is 7.58. The second-order valence-electron chi connectivity index (χ2n) is 12.3. The van der Waals surface area contributed by atoms with Crippen LogP contribution in [-0.4, -0.2) is 126 Å². The smallest absolute Gasteiger partial charge is 0.241 e. The number of piperazine rings is 1. The molecule has 0 N–H and O–H groups in total. The van der Waals surface area contributed by atoms with E-state index >= 15 is 0 Å². The van der Waals surface area contributed by atoms with Crippen LogP contribution in [0.25, 0.3) is 0 Å². The molecule has 0 aromatic carbocycles. The molecule has 0 aromatic rings. The van der Waals surface area contributed by atoms with Crippen LogP contribution in [0.2, 0.25) is 0 Å². The van der Waals surface area contributed by atoms with Gasteiger partial charge < -0.3 is 14.0 Å². The Hall–Kier alpha value is -0.725. The van der Waals surface area contributed by atoms with Gasteiger partial charge in [-0.1, -0.05) is 34.9 Å². The fraction of sp³-hybridized carbons (Fsp3) is 0.793. The lowest BCUT2D eigenvalue weighted by Crippen LogP contribution is -2.57. The summed E-state index contributed by atoms with van der Waals surface area (Å²) in [4.78, 5) is 2.46. The standard InChI is InChI=1S/C29H55BN4O3P/c1-25(2)11-9-12-26(3)13-10-14-27(4)15-16-32-17-19-33(20-18-32)38(35,31(5)6)24-36-23-28-21-34(7,8)22-29(30)37-28/h11,13,15,28-29H,9-10,12,14,16-24H2,1-8H3/q+1. The van der Waals surface area contributed by atoms with Gasteiger partial charge in [-0.05, 0) is 67.5 Å². The molecule has 7 nitrogen and oxygen atoms in total. The summed E-state index contributed by atoms with van der Waals surface area (Å²) in [5.74, 6) is 0. The van der Waals surface area contributed by atoms with Crippen LogP contribution < -0.4 is 0 Å². The lowest BCUT2D eigenvalue weighted by molar-refractivity contribution is -0.903. The molecule has 3 atom stereocenters. The van der Waals surface area contributed by atoms with Gasteiger partial charge in [0.1, 0.15) is 26.8 Å². The van der Waals surface area contributed by atoms with Crippen molar-refractivity contribution in [2.45, 2.75) is 65.5 Å². The number of allylic oxidation sites excluding steroid dienone is 5. The van der Waals surface area contributed by atoms with Crippen molar-refractivity contribution in [2.75, 3.05) is 87.0 Å². The average molecular weight is 550 g/mol. The van der Waals surface area contributed by atoms with Crippen molar-refractivity contribution in [3.8, 4) is 0 Å². The molecule has 0 bridgehead atoms. The minimum absolute atomic E-state index is 0.0712. The summed E-state index contributed by atoms with van der Waals surface area (Å²) in [6.45, 7) is 15.2. The highest BCUT2D eigenvalue weighted by atomic mass is 31.2. The molecule has 3 unspecified atom stereocenters. The van der Waals surface area contributed by atoms with E-state index in [9.17, 15) is 4.57 Å². The maximum atomic E-state index is 14.0. The summed E-state index contributed by atoms with van der Waals surface area (Å²) >= 11 is 0. The van der Waals surface area contributed by atoms with Gasteiger partial charge in [-0.2, -0.15) is 0 Å². The van der Waals surface area contributed by atoms with Crippen molar-refractivity contribution < 1.29 is 18.5 Å². The van der Waals surface area contributed by atoms with E-state index in [1.165, 1.54) is 16.7 Å². The predicted molar refractivity (Wildman–Crippen MR) is 162 cm³/mol. The molecular formula is C29H55BN4O3P+. The number of morpholine rings is 1. The Morgan fingerprint density at radius 2 is 1.61 bits per heavy atom. The SMILES string of the molecule is [B]C1C[N+](C)(C)CC(COCP(=O)(N(C)C)N2CCN(CC=C(C)CCC=C(C)CCC=C(C)C)CC2)O1. The second-order valence-corrected chi connectivity index (χ2v) is 15.3. The zero-order chi connectivity index (χ0) is 28.3. The Bertz CT molecular complexity index is 862. The van der Waals surface area contributed by atoms with Gasteiger partial charge in [0.25, 0.3) is 0 Å². The van der Waals surface area contributed by atoms with Crippen molar-refractivity contribution in [1.29, 1.82) is 0 Å². The number of likely N-dealkylation sites (N-methyl/N-ethyl adjacent to an activating group) is 1. The number of hydrogen-bond acceptors (Lipinski definition) is 4.